The van der Waals surface area contributed by atoms with Crippen molar-refractivity contribution in [3.05, 3.63) is 54.1 Å². The minimum absolute atomic E-state index is 0.125. The molecule has 1 N–H and O–H groups in total. The Kier molecular flexibility index (Phi) is 5.33. The molecule has 28 heavy (non-hydrogen) atoms. The predicted molar refractivity (Wildman–Crippen MR) is 113 cm³/mol. The van der Waals surface area contributed by atoms with Crippen molar-refractivity contribution in [2.75, 3.05) is 34.8 Å². The van der Waals surface area contributed by atoms with Crippen LogP contribution < -0.4 is 15.1 Å². The van der Waals surface area contributed by atoms with Crippen LogP contribution in [-0.4, -0.2) is 31.4 Å². The highest BCUT2D eigenvalue weighted by atomic mass is 16.2. The fraction of sp³-hybridized carbons (Fsp3) is 0.391. The lowest BCUT2D eigenvalue weighted by Gasteiger charge is -2.32. The Morgan fingerprint density at radius 3 is 2.43 bits per heavy atom. The van der Waals surface area contributed by atoms with Gasteiger partial charge < -0.3 is 15.1 Å². The van der Waals surface area contributed by atoms with Crippen molar-refractivity contribution in [3.8, 4) is 0 Å². The standard InChI is InChI=1S/C23H27N3O2/c1-17-11-14-25(15-12-17)20-9-7-19(8-10-20)24-23(28)18-4-2-5-21(16-18)26-13-3-6-22(26)27/h2,4-5,7-10,16-17H,3,6,11-15H2,1H3,(H,24,28). The summed E-state index contributed by atoms with van der Waals surface area (Å²) in [5.41, 5.74) is 3.34. The number of rotatable bonds is 4. The Morgan fingerprint density at radius 1 is 1.00 bits per heavy atom. The molecule has 146 valence electrons. The largest absolute Gasteiger partial charge is 0.372 e. The molecule has 5 heteroatoms. The smallest absolute Gasteiger partial charge is 0.255 e. The van der Waals surface area contributed by atoms with E-state index in [1.54, 1.807) is 17.0 Å². The van der Waals surface area contributed by atoms with E-state index in [-0.39, 0.29) is 11.8 Å². The second-order valence-corrected chi connectivity index (χ2v) is 7.87. The molecule has 0 bridgehead atoms. The maximum Gasteiger partial charge on any atom is 0.255 e. The molecular formula is C23H27N3O2. The van der Waals surface area contributed by atoms with Gasteiger partial charge in [0.1, 0.15) is 0 Å². The van der Waals surface area contributed by atoms with Crippen molar-refractivity contribution in [1.29, 1.82) is 0 Å². The normalized spacial score (nSPS) is 17.8. The van der Waals surface area contributed by atoms with Gasteiger partial charge in [-0.2, -0.15) is 0 Å². The first-order valence-corrected chi connectivity index (χ1v) is 10.2. The minimum atomic E-state index is -0.159. The number of hydrogen-bond acceptors (Lipinski definition) is 3. The highest BCUT2D eigenvalue weighted by molar-refractivity contribution is 6.05. The number of anilines is 3. The van der Waals surface area contributed by atoms with Crippen molar-refractivity contribution in [2.24, 2.45) is 5.92 Å². The Labute approximate surface area is 166 Å². The number of benzene rings is 2. The van der Waals surface area contributed by atoms with E-state index in [9.17, 15) is 9.59 Å². The summed E-state index contributed by atoms with van der Waals surface area (Å²) in [4.78, 5) is 28.8. The van der Waals surface area contributed by atoms with E-state index in [1.807, 2.05) is 24.3 Å². The third kappa shape index (κ3) is 4.03. The van der Waals surface area contributed by atoms with Gasteiger partial charge in [0.2, 0.25) is 5.91 Å². The van der Waals surface area contributed by atoms with Gasteiger partial charge in [0.05, 0.1) is 0 Å². The van der Waals surface area contributed by atoms with Crippen LogP contribution in [-0.2, 0) is 4.79 Å². The van der Waals surface area contributed by atoms with E-state index < -0.39 is 0 Å². The van der Waals surface area contributed by atoms with E-state index in [1.165, 1.54) is 18.5 Å². The number of nitrogens with zero attached hydrogens (tertiary/aromatic N) is 2. The van der Waals surface area contributed by atoms with E-state index in [2.05, 4.69) is 29.3 Å². The van der Waals surface area contributed by atoms with E-state index in [4.69, 9.17) is 0 Å². The highest BCUT2D eigenvalue weighted by Gasteiger charge is 2.22. The first kappa shape index (κ1) is 18.5. The zero-order valence-electron chi connectivity index (χ0n) is 16.4. The summed E-state index contributed by atoms with van der Waals surface area (Å²) < 4.78 is 0. The third-order valence-electron chi connectivity index (χ3n) is 5.77. The second kappa shape index (κ2) is 8.05. The number of piperidine rings is 1. The Bertz CT molecular complexity index is 854. The van der Waals surface area contributed by atoms with Crippen molar-refractivity contribution in [2.45, 2.75) is 32.6 Å². The molecule has 2 amide bonds. The lowest BCUT2D eigenvalue weighted by molar-refractivity contribution is -0.117. The van der Waals surface area contributed by atoms with Crippen LogP contribution in [0.5, 0.6) is 0 Å². The van der Waals surface area contributed by atoms with Gasteiger partial charge in [-0.3, -0.25) is 9.59 Å². The van der Waals surface area contributed by atoms with Gasteiger partial charge in [-0.15, -0.1) is 0 Å². The number of carbonyl (C=O) groups excluding carboxylic acids is 2. The molecule has 0 unspecified atom stereocenters. The first-order valence-electron chi connectivity index (χ1n) is 10.2. The summed E-state index contributed by atoms with van der Waals surface area (Å²) in [6.45, 7) is 5.22. The average Bonchev–Trinajstić information content (AvgIpc) is 3.15. The van der Waals surface area contributed by atoms with Crippen LogP contribution in [0.15, 0.2) is 48.5 Å². The van der Waals surface area contributed by atoms with Crippen molar-refractivity contribution in [1.82, 2.24) is 0 Å². The monoisotopic (exact) mass is 377 g/mol. The molecule has 2 saturated heterocycles. The SMILES string of the molecule is CC1CCN(c2ccc(NC(=O)c3cccc(N4CCCC4=O)c3)cc2)CC1. The molecule has 4 rings (SSSR count). The predicted octanol–water partition coefficient (Wildman–Crippen LogP) is 4.30. The fourth-order valence-electron chi connectivity index (χ4n) is 3.96. The molecule has 0 spiro atoms. The third-order valence-corrected chi connectivity index (χ3v) is 5.77. The van der Waals surface area contributed by atoms with Crippen molar-refractivity contribution >= 4 is 28.9 Å². The summed E-state index contributed by atoms with van der Waals surface area (Å²) >= 11 is 0. The Balaban J connectivity index is 1.41. The van der Waals surface area contributed by atoms with Crippen LogP contribution >= 0.6 is 0 Å². The summed E-state index contributed by atoms with van der Waals surface area (Å²) in [5.74, 6) is 0.773. The van der Waals surface area contributed by atoms with Crippen LogP contribution in [0.25, 0.3) is 0 Å². The lowest BCUT2D eigenvalue weighted by Crippen LogP contribution is -2.32. The minimum Gasteiger partial charge on any atom is -0.372 e. The van der Waals surface area contributed by atoms with E-state index in [0.717, 1.165) is 43.3 Å². The molecular weight excluding hydrogens is 350 g/mol. The lowest BCUT2D eigenvalue weighted by atomic mass is 9.99. The average molecular weight is 377 g/mol. The molecule has 0 radical (unpaired) electrons. The molecule has 2 heterocycles. The van der Waals surface area contributed by atoms with Crippen LogP contribution in [0.2, 0.25) is 0 Å². The molecule has 2 fully saturated rings. The molecule has 0 saturated carbocycles. The quantitative estimate of drug-likeness (QED) is 0.864. The summed E-state index contributed by atoms with van der Waals surface area (Å²) in [6, 6.07) is 15.4. The van der Waals surface area contributed by atoms with Crippen LogP contribution in [0.1, 0.15) is 43.0 Å². The molecule has 5 nitrogen and oxygen atoms in total. The molecule has 0 atom stereocenters. The molecule has 2 aromatic rings. The highest BCUT2D eigenvalue weighted by Crippen LogP contribution is 2.25. The van der Waals surface area contributed by atoms with Crippen LogP contribution in [0.4, 0.5) is 17.1 Å². The summed E-state index contributed by atoms with van der Waals surface area (Å²) in [6.07, 6.45) is 3.92. The fourth-order valence-corrected chi connectivity index (χ4v) is 3.96. The van der Waals surface area contributed by atoms with Gasteiger partial charge in [0, 0.05) is 48.7 Å². The van der Waals surface area contributed by atoms with E-state index in [0.29, 0.717) is 12.0 Å². The maximum atomic E-state index is 12.7. The Hall–Kier alpha value is -2.82. The maximum absolute atomic E-state index is 12.7. The molecule has 0 aliphatic carbocycles. The first-order chi connectivity index (χ1) is 13.6. The molecule has 2 aliphatic rings. The molecule has 2 aromatic carbocycles. The zero-order chi connectivity index (χ0) is 19.5. The zero-order valence-corrected chi connectivity index (χ0v) is 16.4. The number of nitrogens with one attached hydrogen (secondary N) is 1. The number of carbonyl (C=O) groups is 2. The topological polar surface area (TPSA) is 52.7 Å². The summed E-state index contributed by atoms with van der Waals surface area (Å²) in [7, 11) is 0. The molecule has 2 aliphatic heterocycles. The van der Waals surface area contributed by atoms with Crippen molar-refractivity contribution in [3.63, 3.8) is 0 Å². The van der Waals surface area contributed by atoms with Gasteiger partial charge in [0.25, 0.3) is 5.91 Å². The van der Waals surface area contributed by atoms with Crippen LogP contribution in [0.3, 0.4) is 0 Å². The van der Waals surface area contributed by atoms with Crippen LogP contribution in [0, 0.1) is 5.92 Å². The van der Waals surface area contributed by atoms with Gasteiger partial charge >= 0.3 is 0 Å². The molecule has 0 aromatic heterocycles. The van der Waals surface area contributed by atoms with Gasteiger partial charge in [-0.05, 0) is 67.6 Å². The van der Waals surface area contributed by atoms with Gasteiger partial charge in [-0.25, -0.2) is 0 Å². The number of amides is 2. The van der Waals surface area contributed by atoms with E-state index >= 15 is 0 Å². The second-order valence-electron chi connectivity index (χ2n) is 7.87. The summed E-state index contributed by atoms with van der Waals surface area (Å²) in [5, 5.41) is 2.96. The number of hydrogen-bond donors (Lipinski definition) is 1. The van der Waals surface area contributed by atoms with Gasteiger partial charge in [-0.1, -0.05) is 13.0 Å². The Morgan fingerprint density at radius 2 is 1.75 bits per heavy atom. The van der Waals surface area contributed by atoms with Gasteiger partial charge in [0.15, 0.2) is 0 Å². The van der Waals surface area contributed by atoms with Crippen molar-refractivity contribution < 1.29 is 9.59 Å².